The highest BCUT2D eigenvalue weighted by Gasteiger charge is 2.37. The number of hydrogen-bond acceptors (Lipinski definition) is 6. The lowest BCUT2D eigenvalue weighted by Gasteiger charge is -2.30. The third-order valence-electron chi connectivity index (χ3n) is 8.85. The number of aryl methyl sites for hydroxylation is 1. The van der Waals surface area contributed by atoms with Crippen LogP contribution < -0.4 is 16.4 Å². The average molecular weight is 664 g/mol. The third-order valence-corrected chi connectivity index (χ3v) is 8.85. The van der Waals surface area contributed by atoms with E-state index in [2.05, 4.69) is 93.9 Å². The first-order valence-corrected chi connectivity index (χ1v) is 17.0. The maximum Gasteiger partial charge on any atom is 0.407 e. The number of aromatic nitrogens is 2. The summed E-state index contributed by atoms with van der Waals surface area (Å²) in [5.41, 5.74) is 12.7. The minimum absolute atomic E-state index is 0.120. The van der Waals surface area contributed by atoms with Gasteiger partial charge in [0, 0.05) is 29.9 Å². The SMILES string of the molecule is C=C.CCc1ccc(-c2cc(-c3cnc([C@@H]4CCCN4)[nH]3)ccc2C#C/C=C/N=C(N)C2CCCN2C(=O)C(NC(=O)OC)C(C)C)cc1. The Morgan fingerprint density at radius 2 is 1.92 bits per heavy atom. The summed E-state index contributed by atoms with van der Waals surface area (Å²) >= 11 is 0. The molecule has 0 aliphatic carbocycles. The fraction of sp³-hybridized carbons (Fsp3) is 0.385. The van der Waals surface area contributed by atoms with Gasteiger partial charge in [0.25, 0.3) is 0 Å². The van der Waals surface area contributed by atoms with Crippen molar-refractivity contribution in [3.63, 3.8) is 0 Å². The number of hydrogen-bond donors (Lipinski definition) is 4. The van der Waals surface area contributed by atoms with Gasteiger partial charge in [-0.3, -0.25) is 4.79 Å². The first-order chi connectivity index (χ1) is 23.8. The predicted molar refractivity (Wildman–Crippen MR) is 197 cm³/mol. The normalized spacial score (nSPS) is 18.1. The summed E-state index contributed by atoms with van der Waals surface area (Å²) in [4.78, 5) is 39.5. The van der Waals surface area contributed by atoms with E-state index in [1.165, 1.54) is 12.7 Å². The van der Waals surface area contributed by atoms with Gasteiger partial charge in [0.05, 0.1) is 31.1 Å². The molecule has 2 fully saturated rings. The maximum atomic E-state index is 13.3. The molecule has 2 amide bonds. The van der Waals surface area contributed by atoms with Crippen molar-refractivity contribution >= 4 is 17.8 Å². The van der Waals surface area contributed by atoms with Crippen LogP contribution >= 0.6 is 0 Å². The van der Waals surface area contributed by atoms with Crippen molar-refractivity contribution in [2.75, 3.05) is 20.2 Å². The molecule has 5 rings (SSSR count). The van der Waals surface area contributed by atoms with Crippen LogP contribution in [0.4, 0.5) is 4.79 Å². The maximum absolute atomic E-state index is 13.3. The number of benzene rings is 2. The molecule has 2 saturated heterocycles. The second kappa shape index (κ2) is 17.9. The number of imidazole rings is 1. The summed E-state index contributed by atoms with van der Waals surface area (Å²) in [6.45, 7) is 13.5. The lowest BCUT2D eigenvalue weighted by Crippen LogP contribution is -2.54. The highest BCUT2D eigenvalue weighted by atomic mass is 16.5. The number of H-pyrrole nitrogens is 1. The van der Waals surface area contributed by atoms with Gasteiger partial charge in [0.15, 0.2) is 0 Å². The number of nitrogens with two attached hydrogens (primary N) is 1. The second-order valence-electron chi connectivity index (χ2n) is 12.3. The van der Waals surface area contributed by atoms with Gasteiger partial charge in [-0.05, 0) is 73.4 Å². The molecule has 3 aromatic rings. The molecule has 2 unspecified atom stereocenters. The van der Waals surface area contributed by atoms with Crippen LogP contribution in [0.1, 0.15) is 69.4 Å². The number of nitrogens with one attached hydrogen (secondary N) is 3. The Hall–Kier alpha value is -5.14. The number of carbonyl (C=O) groups excluding carboxylic acids is 2. The quantitative estimate of drug-likeness (QED) is 0.0942. The topological polar surface area (TPSA) is 138 Å². The van der Waals surface area contributed by atoms with Crippen LogP contribution in [-0.2, 0) is 16.0 Å². The van der Waals surface area contributed by atoms with Crippen LogP contribution in [0.5, 0.6) is 0 Å². The molecule has 2 aromatic carbocycles. The van der Waals surface area contributed by atoms with Gasteiger partial charge < -0.3 is 31.0 Å². The number of aliphatic imine (C=N–C) groups is 1. The molecular formula is C39H49N7O3. The second-order valence-corrected chi connectivity index (χ2v) is 12.3. The molecular weight excluding hydrogens is 614 g/mol. The van der Waals surface area contributed by atoms with E-state index in [0.29, 0.717) is 18.8 Å². The number of rotatable bonds is 9. The number of carbonyl (C=O) groups is 2. The Bertz CT molecular complexity index is 1690. The van der Waals surface area contributed by atoms with Crippen molar-refractivity contribution < 1.29 is 14.3 Å². The number of amides is 2. The molecule has 1 aromatic heterocycles. The third kappa shape index (κ3) is 9.27. The average Bonchev–Trinajstić information content (AvgIpc) is 3.93. The number of methoxy groups -OCH3 is 1. The van der Waals surface area contributed by atoms with Crippen LogP contribution in [0, 0.1) is 17.8 Å². The lowest BCUT2D eigenvalue weighted by molar-refractivity contribution is -0.134. The number of allylic oxidation sites excluding steroid dienone is 1. The van der Waals surface area contributed by atoms with Crippen molar-refractivity contribution in [2.24, 2.45) is 16.6 Å². The van der Waals surface area contributed by atoms with Crippen molar-refractivity contribution in [2.45, 2.75) is 71.0 Å². The Morgan fingerprint density at radius 3 is 2.59 bits per heavy atom. The Balaban J connectivity index is 0.00000265. The lowest BCUT2D eigenvalue weighted by atomic mass is 9.95. The van der Waals surface area contributed by atoms with Gasteiger partial charge in [-0.1, -0.05) is 62.9 Å². The minimum Gasteiger partial charge on any atom is -0.453 e. The fourth-order valence-electron chi connectivity index (χ4n) is 6.14. The minimum atomic E-state index is -0.712. The number of ether oxygens (including phenoxy) is 1. The van der Waals surface area contributed by atoms with Gasteiger partial charge in [0.1, 0.15) is 17.7 Å². The van der Waals surface area contributed by atoms with E-state index in [4.69, 9.17) is 10.5 Å². The molecule has 2 aliphatic heterocycles. The zero-order valence-corrected chi connectivity index (χ0v) is 29.1. The summed E-state index contributed by atoms with van der Waals surface area (Å²) < 4.78 is 4.71. The van der Waals surface area contributed by atoms with Gasteiger partial charge in [0.2, 0.25) is 5.91 Å². The smallest absolute Gasteiger partial charge is 0.407 e. The first kappa shape index (κ1) is 36.7. The zero-order valence-electron chi connectivity index (χ0n) is 29.1. The number of alkyl carbamates (subject to hydrolysis) is 1. The number of likely N-dealkylation sites (tertiary alicyclic amines) is 1. The van der Waals surface area contributed by atoms with E-state index in [0.717, 1.165) is 66.0 Å². The summed E-state index contributed by atoms with van der Waals surface area (Å²) in [6.07, 6.45) is 9.22. The van der Waals surface area contributed by atoms with E-state index >= 15 is 0 Å². The van der Waals surface area contributed by atoms with Crippen molar-refractivity contribution in [1.29, 1.82) is 0 Å². The van der Waals surface area contributed by atoms with E-state index in [9.17, 15) is 9.59 Å². The molecule has 0 saturated carbocycles. The highest BCUT2D eigenvalue weighted by molar-refractivity contribution is 5.94. The van der Waals surface area contributed by atoms with Gasteiger partial charge >= 0.3 is 6.09 Å². The first-order valence-electron chi connectivity index (χ1n) is 17.0. The van der Waals surface area contributed by atoms with Gasteiger partial charge in [-0.15, -0.1) is 13.2 Å². The van der Waals surface area contributed by atoms with Gasteiger partial charge in [-0.2, -0.15) is 0 Å². The van der Waals surface area contributed by atoms with E-state index in [-0.39, 0.29) is 23.9 Å². The van der Waals surface area contributed by atoms with Crippen molar-refractivity contribution in [1.82, 2.24) is 25.5 Å². The largest absolute Gasteiger partial charge is 0.453 e. The van der Waals surface area contributed by atoms with E-state index in [1.807, 2.05) is 26.1 Å². The summed E-state index contributed by atoms with van der Waals surface area (Å²) in [6, 6.07) is 14.1. The molecule has 0 radical (unpaired) electrons. The molecule has 5 N–H and O–H groups in total. The summed E-state index contributed by atoms with van der Waals surface area (Å²) in [5.74, 6) is 7.40. The monoisotopic (exact) mass is 663 g/mol. The van der Waals surface area contributed by atoms with E-state index in [1.54, 1.807) is 17.2 Å². The molecule has 0 bridgehead atoms. The number of amidine groups is 1. The Kier molecular flexibility index (Phi) is 13.4. The van der Waals surface area contributed by atoms with Crippen molar-refractivity contribution in [3.05, 3.63) is 91.0 Å². The fourth-order valence-corrected chi connectivity index (χ4v) is 6.14. The number of aromatic amines is 1. The Labute approximate surface area is 290 Å². The van der Waals surface area contributed by atoms with Crippen LogP contribution in [0.3, 0.4) is 0 Å². The van der Waals surface area contributed by atoms with Crippen LogP contribution in [0.15, 0.2) is 79.1 Å². The summed E-state index contributed by atoms with van der Waals surface area (Å²) in [5, 5.41) is 6.16. The van der Waals surface area contributed by atoms with Gasteiger partial charge in [-0.25, -0.2) is 14.8 Å². The van der Waals surface area contributed by atoms with Crippen LogP contribution in [0.2, 0.25) is 0 Å². The standard InChI is InChI=1S/C37H45N7O3.C2H4/c1-5-25-13-15-27(16-14-25)29-22-28(31-23-41-35(42-31)30-11-8-20-39-30)18-17-26(29)10-6-7-19-40-34(38)32-12-9-21-44(32)36(45)33(24(2)3)43-37(46)47-4;1-2/h7,13-19,22-24,30,32-33,39H,5,8-9,11-12,20-21H2,1-4H3,(H2,38,40)(H,41,42)(H,43,46);1-2H2/b19-7+;/t30-,32?,33?;/m0./s1. The summed E-state index contributed by atoms with van der Waals surface area (Å²) in [7, 11) is 1.28. The Morgan fingerprint density at radius 1 is 1.16 bits per heavy atom. The molecule has 49 heavy (non-hydrogen) atoms. The predicted octanol–water partition coefficient (Wildman–Crippen LogP) is 6.13. The van der Waals surface area contributed by atoms with Crippen LogP contribution in [-0.4, -0.2) is 65.0 Å². The zero-order chi connectivity index (χ0) is 35.3. The number of nitrogens with zero attached hydrogens (tertiary/aromatic N) is 3. The molecule has 0 spiro atoms. The van der Waals surface area contributed by atoms with E-state index < -0.39 is 12.1 Å². The molecule has 3 atom stereocenters. The molecule has 258 valence electrons. The van der Waals surface area contributed by atoms with Crippen LogP contribution in [0.25, 0.3) is 22.4 Å². The highest BCUT2D eigenvalue weighted by Crippen LogP contribution is 2.30. The van der Waals surface area contributed by atoms with Crippen molar-refractivity contribution in [3.8, 4) is 34.2 Å². The molecule has 10 nitrogen and oxygen atoms in total. The molecule has 2 aliphatic rings. The molecule has 3 heterocycles. The molecule has 10 heteroatoms.